The molecule has 2 N–H and O–H groups in total. The van der Waals surface area contributed by atoms with Crippen molar-refractivity contribution >= 4 is 0 Å². The number of aliphatic hydroxyl groups excluding tert-OH is 2. The van der Waals surface area contributed by atoms with Gasteiger partial charge in [-0.15, -0.1) is 0 Å². The van der Waals surface area contributed by atoms with Gasteiger partial charge in [-0.3, -0.25) is 0 Å². The zero-order chi connectivity index (χ0) is 21.2. The predicted molar refractivity (Wildman–Crippen MR) is 97.4 cm³/mol. The van der Waals surface area contributed by atoms with E-state index in [0.29, 0.717) is 13.2 Å². The Hall–Kier alpha value is -0.440. The van der Waals surface area contributed by atoms with Crippen LogP contribution in [0.25, 0.3) is 0 Å². The van der Waals surface area contributed by atoms with E-state index >= 15 is 0 Å². The van der Waals surface area contributed by atoms with Gasteiger partial charge in [0.25, 0.3) is 0 Å². The number of methoxy groups -OCH3 is 4. The highest BCUT2D eigenvalue weighted by atomic mass is 16.7. The van der Waals surface area contributed by atoms with E-state index in [0.717, 1.165) is 0 Å². The lowest BCUT2D eigenvalue weighted by molar-refractivity contribution is -0.154. The lowest BCUT2D eigenvalue weighted by atomic mass is 10.1. The van der Waals surface area contributed by atoms with E-state index in [9.17, 15) is 10.2 Å². The molecule has 2 saturated heterocycles. The molecule has 29 heavy (non-hydrogen) atoms. The Bertz CT molecular complexity index is 402. The number of aliphatic hydroxyl groups is 2. The van der Waals surface area contributed by atoms with E-state index in [2.05, 4.69) is 0 Å². The summed E-state index contributed by atoms with van der Waals surface area (Å²) in [5, 5.41) is 20.4. The molecule has 0 aromatic carbocycles. The van der Waals surface area contributed by atoms with Crippen molar-refractivity contribution in [2.75, 3.05) is 68.1 Å². The Balaban J connectivity index is 1.63. The van der Waals surface area contributed by atoms with Crippen LogP contribution in [0.15, 0.2) is 0 Å². The lowest BCUT2D eigenvalue weighted by Gasteiger charge is -2.21. The van der Waals surface area contributed by atoms with Crippen molar-refractivity contribution in [1.82, 2.24) is 0 Å². The molecule has 0 aromatic rings. The summed E-state index contributed by atoms with van der Waals surface area (Å²) >= 11 is 0. The van der Waals surface area contributed by atoms with Crippen LogP contribution in [0.5, 0.6) is 0 Å². The van der Waals surface area contributed by atoms with Crippen molar-refractivity contribution < 1.29 is 52.8 Å². The molecule has 2 aliphatic heterocycles. The third-order valence-corrected chi connectivity index (χ3v) is 4.78. The number of rotatable bonds is 14. The molecule has 0 aromatic heterocycles. The second-order valence-electron chi connectivity index (χ2n) is 6.73. The van der Waals surface area contributed by atoms with Gasteiger partial charge in [0.05, 0.1) is 39.6 Å². The molecule has 2 aliphatic rings. The number of ether oxygens (including phenoxy) is 9. The van der Waals surface area contributed by atoms with Crippen LogP contribution in [-0.2, 0) is 42.6 Å². The molecule has 0 unspecified atom stereocenters. The fraction of sp³-hybridized carbons (Fsp3) is 1.00. The summed E-state index contributed by atoms with van der Waals surface area (Å²) in [6.45, 7) is 1.69. The smallest absolute Gasteiger partial charge is 0.186 e. The standard InChI is InChI=1S/C18H34O11/c1-21-9-11-15(13(19)17(23-3)28-11)26-7-5-25-6-8-27-16-12(10-22-2)29-18(24-4)14(16)20/h11-20H,5-10H2,1-4H3/t11-,12-,13-,14-,15+,16+,17-,18+/m1/s1. The minimum atomic E-state index is -0.904. The SMILES string of the molecule is COC[C@H]1O[C@@H](OC)[C@H](O)[C@H]1OCCOCCO[C@@H]1[C@@H](O)[C@@H](OC)O[C@@H]1COC. The van der Waals surface area contributed by atoms with E-state index in [1.807, 2.05) is 0 Å². The van der Waals surface area contributed by atoms with Crippen molar-refractivity contribution in [3.63, 3.8) is 0 Å². The van der Waals surface area contributed by atoms with E-state index in [1.165, 1.54) is 14.2 Å². The van der Waals surface area contributed by atoms with Crippen molar-refractivity contribution in [2.24, 2.45) is 0 Å². The number of hydrogen-bond acceptors (Lipinski definition) is 11. The van der Waals surface area contributed by atoms with Crippen molar-refractivity contribution in [1.29, 1.82) is 0 Å². The zero-order valence-electron chi connectivity index (χ0n) is 17.4. The van der Waals surface area contributed by atoms with Gasteiger partial charge in [0, 0.05) is 28.4 Å². The monoisotopic (exact) mass is 426 g/mol. The largest absolute Gasteiger partial charge is 0.385 e. The van der Waals surface area contributed by atoms with Crippen LogP contribution in [0.4, 0.5) is 0 Å². The Kier molecular flexibility index (Phi) is 11.2. The molecule has 172 valence electrons. The van der Waals surface area contributed by atoms with Gasteiger partial charge in [0.1, 0.15) is 36.6 Å². The van der Waals surface area contributed by atoms with Crippen LogP contribution in [0.3, 0.4) is 0 Å². The summed E-state index contributed by atoms with van der Waals surface area (Å²) in [5.74, 6) is 0. The summed E-state index contributed by atoms with van der Waals surface area (Å²) in [7, 11) is 6.02. The molecule has 8 atom stereocenters. The first-order chi connectivity index (χ1) is 14.1. The molecule has 0 bridgehead atoms. The molecular weight excluding hydrogens is 392 g/mol. The minimum Gasteiger partial charge on any atom is -0.385 e. The van der Waals surface area contributed by atoms with Gasteiger partial charge in [-0.25, -0.2) is 0 Å². The third kappa shape index (κ3) is 6.77. The van der Waals surface area contributed by atoms with Crippen LogP contribution in [0.2, 0.25) is 0 Å². The second-order valence-corrected chi connectivity index (χ2v) is 6.73. The Morgan fingerprint density at radius 3 is 1.41 bits per heavy atom. The van der Waals surface area contributed by atoms with Gasteiger partial charge in [0.2, 0.25) is 0 Å². The predicted octanol–water partition coefficient (Wildman–Crippen LogP) is -1.47. The molecule has 0 aliphatic carbocycles. The van der Waals surface area contributed by atoms with Crippen LogP contribution in [-0.4, -0.2) is 127 Å². The Morgan fingerprint density at radius 2 is 1.07 bits per heavy atom. The molecule has 0 radical (unpaired) electrons. The molecule has 2 fully saturated rings. The molecule has 11 nitrogen and oxygen atoms in total. The van der Waals surface area contributed by atoms with Gasteiger partial charge in [-0.05, 0) is 0 Å². The molecule has 2 heterocycles. The molecule has 0 spiro atoms. The maximum absolute atomic E-state index is 10.2. The fourth-order valence-corrected chi connectivity index (χ4v) is 3.40. The topological polar surface area (TPSA) is 124 Å². The van der Waals surface area contributed by atoms with E-state index in [-0.39, 0.29) is 26.4 Å². The van der Waals surface area contributed by atoms with Crippen LogP contribution in [0.1, 0.15) is 0 Å². The highest BCUT2D eigenvalue weighted by Crippen LogP contribution is 2.25. The average molecular weight is 426 g/mol. The van der Waals surface area contributed by atoms with Crippen molar-refractivity contribution in [2.45, 2.75) is 49.2 Å². The average Bonchev–Trinajstić information content (AvgIpc) is 3.18. The van der Waals surface area contributed by atoms with Crippen LogP contribution >= 0.6 is 0 Å². The van der Waals surface area contributed by atoms with E-state index in [4.69, 9.17) is 42.6 Å². The van der Waals surface area contributed by atoms with Gasteiger partial charge in [0.15, 0.2) is 12.6 Å². The summed E-state index contributed by atoms with van der Waals surface area (Å²) in [5.41, 5.74) is 0. The molecule has 2 rings (SSSR count). The summed E-state index contributed by atoms with van der Waals surface area (Å²) in [6.07, 6.45) is -5.26. The molecule has 0 saturated carbocycles. The first-order valence-electron chi connectivity index (χ1n) is 9.58. The molecule has 0 amide bonds. The van der Waals surface area contributed by atoms with Gasteiger partial charge in [-0.1, -0.05) is 0 Å². The second kappa shape index (κ2) is 13.1. The third-order valence-electron chi connectivity index (χ3n) is 4.78. The Morgan fingerprint density at radius 1 is 0.655 bits per heavy atom. The first-order valence-corrected chi connectivity index (χ1v) is 9.58. The van der Waals surface area contributed by atoms with Gasteiger partial charge < -0.3 is 52.8 Å². The van der Waals surface area contributed by atoms with Crippen LogP contribution < -0.4 is 0 Å². The molecular formula is C18H34O11. The maximum atomic E-state index is 10.2. The van der Waals surface area contributed by atoms with Crippen molar-refractivity contribution in [3.05, 3.63) is 0 Å². The fourth-order valence-electron chi connectivity index (χ4n) is 3.40. The number of hydrogen-bond donors (Lipinski definition) is 2. The zero-order valence-corrected chi connectivity index (χ0v) is 17.4. The van der Waals surface area contributed by atoms with Gasteiger partial charge >= 0.3 is 0 Å². The summed E-state index contributed by atoms with van der Waals surface area (Å²) in [6, 6.07) is 0. The summed E-state index contributed by atoms with van der Waals surface area (Å²) < 4.78 is 48.3. The first kappa shape index (κ1) is 24.8. The van der Waals surface area contributed by atoms with E-state index < -0.39 is 49.2 Å². The molecule has 11 heteroatoms. The summed E-state index contributed by atoms with van der Waals surface area (Å²) in [4.78, 5) is 0. The van der Waals surface area contributed by atoms with Crippen molar-refractivity contribution in [3.8, 4) is 0 Å². The highest BCUT2D eigenvalue weighted by Gasteiger charge is 2.45. The lowest BCUT2D eigenvalue weighted by Crippen LogP contribution is -2.38. The minimum absolute atomic E-state index is 0.259. The Labute approximate surface area is 171 Å². The van der Waals surface area contributed by atoms with E-state index in [1.54, 1.807) is 14.2 Å². The maximum Gasteiger partial charge on any atom is 0.186 e. The normalized spacial score (nSPS) is 37.4. The highest BCUT2D eigenvalue weighted by molar-refractivity contribution is 4.89. The quantitative estimate of drug-likeness (QED) is 0.316. The van der Waals surface area contributed by atoms with Crippen LogP contribution in [0, 0.1) is 0 Å². The van der Waals surface area contributed by atoms with Gasteiger partial charge in [-0.2, -0.15) is 0 Å².